The van der Waals surface area contributed by atoms with Crippen molar-refractivity contribution in [1.29, 1.82) is 0 Å². The molecule has 1 heterocycles. The Morgan fingerprint density at radius 2 is 2.10 bits per heavy atom. The molecule has 0 saturated carbocycles. The summed E-state index contributed by atoms with van der Waals surface area (Å²) in [6.45, 7) is 3.47. The van der Waals surface area contributed by atoms with Gasteiger partial charge in [0.2, 0.25) is 0 Å². The zero-order valence-corrected chi connectivity index (χ0v) is 11.6. The van der Waals surface area contributed by atoms with Crippen LogP contribution in [0.4, 0.5) is 0 Å². The van der Waals surface area contributed by atoms with E-state index in [2.05, 4.69) is 10.3 Å². The lowest BCUT2D eigenvalue weighted by Crippen LogP contribution is -2.48. The van der Waals surface area contributed by atoms with Crippen molar-refractivity contribution in [3.8, 4) is 0 Å². The average molecular weight is 274 g/mol. The van der Waals surface area contributed by atoms with E-state index >= 15 is 0 Å². The molecule has 1 unspecified atom stereocenters. The summed E-state index contributed by atoms with van der Waals surface area (Å²) in [7, 11) is 0. The molecule has 5 heteroatoms. The molecule has 0 aliphatic heterocycles. The number of carbonyl (C=O) groups excluding carboxylic acids is 1. The second kappa shape index (κ2) is 5.46. The highest BCUT2D eigenvalue weighted by atomic mass is 16.3. The maximum atomic E-state index is 12.2. The van der Waals surface area contributed by atoms with Crippen molar-refractivity contribution in [3.05, 3.63) is 46.4 Å². The summed E-state index contributed by atoms with van der Waals surface area (Å²) in [4.78, 5) is 26.7. The first-order chi connectivity index (χ1) is 9.49. The van der Waals surface area contributed by atoms with Crippen LogP contribution < -0.4 is 10.9 Å². The minimum atomic E-state index is -0.695. The maximum Gasteiger partial charge on any atom is 0.268 e. The number of pyridine rings is 1. The lowest BCUT2D eigenvalue weighted by Gasteiger charge is -2.27. The number of nitrogens with one attached hydrogen (secondary N) is 2. The molecular formula is C15H18N2O3. The van der Waals surface area contributed by atoms with Gasteiger partial charge in [0.15, 0.2) is 0 Å². The first-order valence-electron chi connectivity index (χ1n) is 6.54. The molecule has 106 valence electrons. The number of hydrogen-bond acceptors (Lipinski definition) is 3. The summed E-state index contributed by atoms with van der Waals surface area (Å²) in [5.74, 6) is -0.397. The van der Waals surface area contributed by atoms with Crippen molar-refractivity contribution >= 4 is 16.7 Å². The van der Waals surface area contributed by atoms with Crippen LogP contribution in [0.25, 0.3) is 10.8 Å². The highest BCUT2D eigenvalue weighted by Gasteiger charge is 2.24. The number of amides is 1. The molecule has 0 radical (unpaired) electrons. The first-order valence-corrected chi connectivity index (χ1v) is 6.54. The Labute approximate surface area is 116 Å². The van der Waals surface area contributed by atoms with Crippen LogP contribution in [0.5, 0.6) is 0 Å². The Hall–Kier alpha value is -2.14. The van der Waals surface area contributed by atoms with E-state index in [-0.39, 0.29) is 17.9 Å². The lowest BCUT2D eigenvalue weighted by molar-refractivity contribution is 0.0842. The van der Waals surface area contributed by atoms with Crippen LogP contribution in [0, 0.1) is 0 Å². The molecule has 1 atom stereocenters. The summed E-state index contributed by atoms with van der Waals surface area (Å²) in [6.07, 6.45) is 0.590. The Morgan fingerprint density at radius 3 is 2.75 bits per heavy atom. The van der Waals surface area contributed by atoms with Gasteiger partial charge in [-0.3, -0.25) is 9.59 Å². The quantitative estimate of drug-likeness (QED) is 0.788. The molecule has 0 aliphatic rings. The Balaban J connectivity index is 2.38. The van der Waals surface area contributed by atoms with Crippen molar-refractivity contribution < 1.29 is 9.90 Å². The van der Waals surface area contributed by atoms with Crippen molar-refractivity contribution in [1.82, 2.24) is 10.3 Å². The third kappa shape index (κ3) is 2.72. The van der Waals surface area contributed by atoms with E-state index in [4.69, 9.17) is 0 Å². The largest absolute Gasteiger partial charge is 0.394 e. The highest BCUT2D eigenvalue weighted by molar-refractivity contribution is 5.96. The van der Waals surface area contributed by atoms with Gasteiger partial charge in [0, 0.05) is 5.39 Å². The van der Waals surface area contributed by atoms with Crippen molar-refractivity contribution in [2.45, 2.75) is 25.8 Å². The van der Waals surface area contributed by atoms with Gasteiger partial charge in [-0.05, 0) is 30.9 Å². The van der Waals surface area contributed by atoms with Crippen molar-refractivity contribution in [2.75, 3.05) is 6.61 Å². The predicted octanol–water partition coefficient (Wildman–Crippen LogP) is 1.42. The summed E-state index contributed by atoms with van der Waals surface area (Å²) < 4.78 is 0. The number of aliphatic hydroxyl groups excluding tert-OH is 1. The fourth-order valence-corrected chi connectivity index (χ4v) is 1.91. The molecule has 0 bridgehead atoms. The van der Waals surface area contributed by atoms with Crippen LogP contribution in [0.3, 0.4) is 0 Å². The molecule has 1 amide bonds. The predicted molar refractivity (Wildman–Crippen MR) is 77.8 cm³/mol. The topological polar surface area (TPSA) is 82.2 Å². The smallest absolute Gasteiger partial charge is 0.268 e. The van der Waals surface area contributed by atoms with Gasteiger partial charge in [0.25, 0.3) is 11.5 Å². The molecule has 0 saturated heterocycles. The molecule has 5 nitrogen and oxygen atoms in total. The maximum absolute atomic E-state index is 12.2. The van der Waals surface area contributed by atoms with Gasteiger partial charge >= 0.3 is 0 Å². The van der Waals surface area contributed by atoms with Crippen LogP contribution in [-0.4, -0.2) is 28.1 Å². The van der Waals surface area contributed by atoms with E-state index in [1.807, 2.05) is 13.0 Å². The Bertz CT molecular complexity index is 687. The first kappa shape index (κ1) is 14.3. The molecule has 0 spiro atoms. The summed E-state index contributed by atoms with van der Waals surface area (Å²) in [5.41, 5.74) is -0.795. The number of fused-ring (bicyclic) bond motifs is 1. The average Bonchev–Trinajstić information content (AvgIpc) is 2.47. The normalized spacial score (nSPS) is 13.9. The summed E-state index contributed by atoms with van der Waals surface area (Å²) in [6, 6.07) is 8.72. The zero-order valence-electron chi connectivity index (χ0n) is 11.6. The van der Waals surface area contributed by atoms with E-state index in [1.54, 1.807) is 31.2 Å². The minimum Gasteiger partial charge on any atom is -0.394 e. The van der Waals surface area contributed by atoms with Crippen LogP contribution >= 0.6 is 0 Å². The number of carbonyl (C=O) groups is 1. The fraction of sp³-hybridized carbons (Fsp3) is 0.333. The third-order valence-corrected chi connectivity index (χ3v) is 3.54. The van der Waals surface area contributed by atoms with Gasteiger partial charge in [-0.2, -0.15) is 0 Å². The van der Waals surface area contributed by atoms with Crippen LogP contribution in [0.15, 0.2) is 35.1 Å². The second-order valence-corrected chi connectivity index (χ2v) is 5.13. The minimum absolute atomic E-state index is 0.160. The standard InChI is InChI=1S/C15H18N2O3/c1-3-15(2,9-18)17-14(20)12-8-10-6-4-5-7-11(10)13(19)16-12/h4-8,18H,3,9H2,1-2H3,(H,16,19)(H,17,20). The number of aromatic amines is 1. The monoisotopic (exact) mass is 274 g/mol. The number of hydrogen-bond donors (Lipinski definition) is 3. The van der Waals surface area contributed by atoms with E-state index in [0.29, 0.717) is 17.2 Å². The molecule has 3 N–H and O–H groups in total. The SMILES string of the molecule is CCC(C)(CO)NC(=O)c1cc2ccccc2c(=O)[nH]1. The Morgan fingerprint density at radius 1 is 1.40 bits per heavy atom. The van der Waals surface area contributed by atoms with E-state index in [9.17, 15) is 14.7 Å². The van der Waals surface area contributed by atoms with Gasteiger partial charge in [-0.15, -0.1) is 0 Å². The third-order valence-electron chi connectivity index (χ3n) is 3.54. The molecule has 0 aliphatic carbocycles. The van der Waals surface area contributed by atoms with Crippen LogP contribution in [0.2, 0.25) is 0 Å². The Kier molecular flexibility index (Phi) is 3.90. The number of benzene rings is 1. The van der Waals surface area contributed by atoms with Gasteiger partial charge in [0.05, 0.1) is 12.1 Å². The summed E-state index contributed by atoms with van der Waals surface area (Å²) >= 11 is 0. The van der Waals surface area contributed by atoms with E-state index < -0.39 is 11.4 Å². The molecule has 1 aromatic carbocycles. The van der Waals surface area contributed by atoms with E-state index in [0.717, 1.165) is 0 Å². The molecular weight excluding hydrogens is 256 g/mol. The number of H-pyrrole nitrogens is 1. The number of aromatic nitrogens is 1. The molecule has 2 rings (SSSR count). The molecule has 1 aromatic heterocycles. The zero-order chi connectivity index (χ0) is 14.8. The second-order valence-electron chi connectivity index (χ2n) is 5.13. The molecule has 0 fully saturated rings. The highest BCUT2D eigenvalue weighted by Crippen LogP contribution is 2.12. The van der Waals surface area contributed by atoms with Gasteiger partial charge < -0.3 is 15.4 Å². The lowest BCUT2D eigenvalue weighted by atomic mass is 10.00. The van der Waals surface area contributed by atoms with Crippen LogP contribution in [0.1, 0.15) is 30.8 Å². The summed E-state index contributed by atoms with van der Waals surface area (Å²) in [5, 5.41) is 13.3. The molecule has 20 heavy (non-hydrogen) atoms. The van der Waals surface area contributed by atoms with Gasteiger partial charge in [0.1, 0.15) is 5.69 Å². The van der Waals surface area contributed by atoms with Crippen LogP contribution in [-0.2, 0) is 0 Å². The van der Waals surface area contributed by atoms with Gasteiger partial charge in [-0.1, -0.05) is 25.1 Å². The van der Waals surface area contributed by atoms with Crippen molar-refractivity contribution in [2.24, 2.45) is 0 Å². The van der Waals surface area contributed by atoms with Gasteiger partial charge in [-0.25, -0.2) is 0 Å². The van der Waals surface area contributed by atoms with Crippen molar-refractivity contribution in [3.63, 3.8) is 0 Å². The molecule has 2 aromatic rings. The number of aliphatic hydroxyl groups is 1. The van der Waals surface area contributed by atoms with E-state index in [1.165, 1.54) is 0 Å². The number of rotatable bonds is 4. The fourth-order valence-electron chi connectivity index (χ4n) is 1.91.